The van der Waals surface area contributed by atoms with Crippen molar-refractivity contribution in [3.05, 3.63) is 75.3 Å². The molecular weight excluding hydrogens is 357 g/mol. The van der Waals surface area contributed by atoms with Gasteiger partial charge in [0.1, 0.15) is 0 Å². The van der Waals surface area contributed by atoms with Crippen LogP contribution in [-0.2, 0) is 4.74 Å². The van der Waals surface area contributed by atoms with Crippen molar-refractivity contribution in [3.63, 3.8) is 0 Å². The molecule has 0 saturated carbocycles. The van der Waals surface area contributed by atoms with Crippen LogP contribution in [0.15, 0.2) is 48.6 Å². The van der Waals surface area contributed by atoms with Crippen LogP contribution < -0.4 is 5.32 Å². The van der Waals surface area contributed by atoms with Crippen molar-refractivity contribution in [2.75, 3.05) is 12.4 Å². The van der Waals surface area contributed by atoms with Crippen molar-refractivity contribution < 1.29 is 9.53 Å². The van der Waals surface area contributed by atoms with E-state index >= 15 is 0 Å². The van der Waals surface area contributed by atoms with Crippen LogP contribution in [0.2, 0.25) is 10.0 Å². The molecule has 1 aliphatic carbocycles. The first kappa shape index (κ1) is 16.5. The number of nitrogens with one attached hydrogen (secondary N) is 1. The number of ether oxygens (including phenoxy) is 1. The summed E-state index contributed by atoms with van der Waals surface area (Å²) < 4.78 is 4.77. The Labute approximate surface area is 156 Å². The molecule has 5 heteroatoms. The minimum absolute atomic E-state index is 0.107. The average molecular weight is 374 g/mol. The van der Waals surface area contributed by atoms with Crippen LogP contribution in [0.3, 0.4) is 0 Å². The molecule has 0 bridgehead atoms. The highest BCUT2D eigenvalue weighted by atomic mass is 35.5. The minimum Gasteiger partial charge on any atom is -0.465 e. The van der Waals surface area contributed by atoms with Gasteiger partial charge in [-0.15, -0.1) is 0 Å². The monoisotopic (exact) mass is 373 g/mol. The van der Waals surface area contributed by atoms with Gasteiger partial charge >= 0.3 is 5.97 Å². The van der Waals surface area contributed by atoms with E-state index in [9.17, 15) is 4.79 Å². The summed E-state index contributed by atoms with van der Waals surface area (Å²) in [5.41, 5.74) is 3.65. The van der Waals surface area contributed by atoms with Gasteiger partial charge in [-0.3, -0.25) is 0 Å². The molecule has 4 rings (SSSR count). The smallest absolute Gasteiger partial charge is 0.337 e. The number of anilines is 1. The first-order valence-electron chi connectivity index (χ1n) is 8.19. The van der Waals surface area contributed by atoms with E-state index in [1.54, 1.807) is 12.1 Å². The molecular formula is C20H17Cl2NO2. The van der Waals surface area contributed by atoms with Crippen molar-refractivity contribution >= 4 is 34.9 Å². The van der Waals surface area contributed by atoms with E-state index in [4.69, 9.17) is 27.9 Å². The molecule has 25 heavy (non-hydrogen) atoms. The highest BCUT2D eigenvalue weighted by Crippen LogP contribution is 2.53. The summed E-state index contributed by atoms with van der Waals surface area (Å²) in [6.45, 7) is 0. The van der Waals surface area contributed by atoms with E-state index in [0.717, 1.165) is 28.3 Å². The number of carbonyl (C=O) groups excluding carboxylic acids is 1. The molecule has 0 fully saturated rings. The molecule has 0 spiro atoms. The molecule has 128 valence electrons. The zero-order valence-electron chi connectivity index (χ0n) is 13.6. The normalized spacial score (nSPS) is 23.6. The van der Waals surface area contributed by atoms with E-state index in [1.807, 2.05) is 24.3 Å². The second-order valence-electron chi connectivity index (χ2n) is 6.41. The van der Waals surface area contributed by atoms with Gasteiger partial charge < -0.3 is 10.1 Å². The number of allylic oxidation sites excluding steroid dienone is 2. The number of hydrogen-bond donors (Lipinski definition) is 1. The Morgan fingerprint density at radius 3 is 2.56 bits per heavy atom. The summed E-state index contributed by atoms with van der Waals surface area (Å²) in [5, 5.41) is 5.00. The van der Waals surface area contributed by atoms with Crippen LogP contribution in [0.4, 0.5) is 5.69 Å². The lowest BCUT2D eigenvalue weighted by Gasteiger charge is -2.38. The Morgan fingerprint density at radius 2 is 1.84 bits per heavy atom. The molecule has 3 unspecified atom stereocenters. The lowest BCUT2D eigenvalue weighted by Crippen LogP contribution is -2.29. The van der Waals surface area contributed by atoms with E-state index in [1.165, 1.54) is 7.11 Å². The Kier molecular flexibility index (Phi) is 4.22. The molecule has 0 amide bonds. The summed E-state index contributed by atoms with van der Waals surface area (Å²) >= 11 is 12.9. The van der Waals surface area contributed by atoms with Crippen molar-refractivity contribution in [2.45, 2.75) is 18.4 Å². The second-order valence-corrected chi connectivity index (χ2v) is 7.22. The van der Waals surface area contributed by atoms with Gasteiger partial charge in [-0.2, -0.15) is 0 Å². The number of benzene rings is 2. The van der Waals surface area contributed by atoms with Crippen molar-refractivity contribution in [3.8, 4) is 0 Å². The molecule has 2 aromatic rings. The predicted octanol–water partition coefficient (Wildman–Crippen LogP) is 5.61. The van der Waals surface area contributed by atoms with Gasteiger partial charge in [0.25, 0.3) is 0 Å². The average Bonchev–Trinajstić information content (AvgIpc) is 3.13. The van der Waals surface area contributed by atoms with E-state index in [2.05, 4.69) is 17.5 Å². The summed E-state index contributed by atoms with van der Waals surface area (Å²) in [4.78, 5) is 11.6. The van der Waals surface area contributed by atoms with E-state index in [-0.39, 0.29) is 17.9 Å². The maximum absolute atomic E-state index is 11.6. The standard InChI is InChI=1S/C20H17Cl2NO2/c1-25-20(24)12-7-5-11(6-8-12)18-14-4-2-3-13(14)17-15(21)9-10-16(22)19(17)23-18/h2-3,5-10,13-14,18,23H,4H2,1H3. The second kappa shape index (κ2) is 6.40. The number of methoxy groups -OCH3 is 1. The fraction of sp³-hybridized carbons (Fsp3) is 0.250. The van der Waals surface area contributed by atoms with Gasteiger partial charge in [0.2, 0.25) is 0 Å². The van der Waals surface area contributed by atoms with Crippen LogP contribution in [-0.4, -0.2) is 13.1 Å². The highest BCUT2D eigenvalue weighted by Gasteiger charge is 2.39. The van der Waals surface area contributed by atoms with Gasteiger partial charge in [0.15, 0.2) is 0 Å². The van der Waals surface area contributed by atoms with Gasteiger partial charge in [-0.05, 0) is 42.2 Å². The molecule has 1 N–H and O–H groups in total. The van der Waals surface area contributed by atoms with E-state index in [0.29, 0.717) is 16.5 Å². The maximum Gasteiger partial charge on any atom is 0.337 e. The van der Waals surface area contributed by atoms with Crippen LogP contribution in [0, 0.1) is 5.92 Å². The van der Waals surface area contributed by atoms with Crippen molar-refractivity contribution in [2.24, 2.45) is 5.92 Å². The van der Waals surface area contributed by atoms with Crippen LogP contribution in [0.5, 0.6) is 0 Å². The number of hydrogen-bond acceptors (Lipinski definition) is 3. The molecule has 3 nitrogen and oxygen atoms in total. The summed E-state index contributed by atoms with van der Waals surface area (Å²) in [6, 6.07) is 11.3. The van der Waals surface area contributed by atoms with Gasteiger partial charge in [-0.1, -0.05) is 47.5 Å². The van der Waals surface area contributed by atoms with E-state index < -0.39 is 0 Å². The predicted molar refractivity (Wildman–Crippen MR) is 101 cm³/mol. The SMILES string of the molecule is COC(=O)c1ccc(C2Nc3c(Cl)ccc(Cl)c3C3C=CCC32)cc1. The van der Waals surface area contributed by atoms with Crippen LogP contribution in [0.1, 0.15) is 39.9 Å². The fourth-order valence-electron chi connectivity index (χ4n) is 3.90. The first-order chi connectivity index (χ1) is 12.1. The topological polar surface area (TPSA) is 38.3 Å². The van der Waals surface area contributed by atoms with Crippen molar-refractivity contribution in [1.82, 2.24) is 0 Å². The minimum atomic E-state index is -0.330. The number of esters is 1. The number of carbonyl (C=O) groups is 1. The maximum atomic E-state index is 11.6. The zero-order chi connectivity index (χ0) is 17.6. The van der Waals surface area contributed by atoms with Crippen LogP contribution in [0.25, 0.3) is 0 Å². The lowest BCUT2D eigenvalue weighted by molar-refractivity contribution is 0.0600. The lowest BCUT2D eigenvalue weighted by atomic mass is 9.77. The molecule has 0 radical (unpaired) electrons. The Hall–Kier alpha value is -1.97. The van der Waals surface area contributed by atoms with Crippen LogP contribution >= 0.6 is 23.2 Å². The highest BCUT2D eigenvalue weighted by molar-refractivity contribution is 6.36. The molecule has 2 aliphatic rings. The Balaban J connectivity index is 1.74. The summed E-state index contributed by atoms with van der Waals surface area (Å²) in [6.07, 6.45) is 5.41. The third-order valence-electron chi connectivity index (χ3n) is 5.11. The molecule has 2 aromatic carbocycles. The molecule has 0 saturated heterocycles. The zero-order valence-corrected chi connectivity index (χ0v) is 15.1. The molecule has 3 atom stereocenters. The largest absolute Gasteiger partial charge is 0.465 e. The molecule has 1 heterocycles. The Bertz CT molecular complexity index is 861. The third-order valence-corrected chi connectivity index (χ3v) is 5.75. The summed E-state index contributed by atoms with van der Waals surface area (Å²) in [7, 11) is 1.39. The Morgan fingerprint density at radius 1 is 1.12 bits per heavy atom. The van der Waals surface area contributed by atoms with Gasteiger partial charge in [0.05, 0.1) is 29.4 Å². The first-order valence-corrected chi connectivity index (χ1v) is 8.95. The van der Waals surface area contributed by atoms with Crippen molar-refractivity contribution in [1.29, 1.82) is 0 Å². The van der Waals surface area contributed by atoms with Gasteiger partial charge in [0, 0.05) is 16.5 Å². The number of rotatable bonds is 2. The third kappa shape index (κ3) is 2.72. The quantitative estimate of drug-likeness (QED) is 0.549. The molecule has 1 aliphatic heterocycles. The van der Waals surface area contributed by atoms with Gasteiger partial charge in [-0.25, -0.2) is 4.79 Å². The molecule has 0 aromatic heterocycles. The fourth-order valence-corrected chi connectivity index (χ4v) is 4.41. The number of halogens is 2. The number of fused-ring (bicyclic) bond motifs is 3. The summed E-state index contributed by atoms with van der Waals surface area (Å²) in [5.74, 6) is 0.281.